The Morgan fingerprint density at radius 2 is 2.04 bits per heavy atom. The molecular weight excluding hydrogens is 371 g/mol. The van der Waals surface area contributed by atoms with Crippen molar-refractivity contribution in [1.29, 1.82) is 5.26 Å². The Balaban J connectivity index is 1.84. The Bertz CT molecular complexity index is 1020. The number of pyridine rings is 1. The number of nitriles is 1. The molecule has 3 aromatic rings. The summed E-state index contributed by atoms with van der Waals surface area (Å²) in [6.45, 7) is 10.0. The fourth-order valence-electron chi connectivity index (χ4n) is 3.01. The average molecular weight is 397 g/mol. The Kier molecular flexibility index (Phi) is 5.92. The molecule has 0 fully saturated rings. The molecule has 0 amide bonds. The highest BCUT2D eigenvalue weighted by molar-refractivity contribution is 6.76. The normalized spacial score (nSPS) is 12.9. The predicted molar refractivity (Wildman–Crippen MR) is 110 cm³/mol. The van der Waals surface area contributed by atoms with E-state index in [-0.39, 0.29) is 5.82 Å². The maximum absolute atomic E-state index is 13.6. The minimum absolute atomic E-state index is 0.359. The van der Waals surface area contributed by atoms with Crippen LogP contribution in [0, 0.1) is 24.1 Å². The highest BCUT2D eigenvalue weighted by Gasteiger charge is 2.18. The molecule has 0 saturated heterocycles. The monoisotopic (exact) mass is 396 g/mol. The van der Waals surface area contributed by atoms with Crippen molar-refractivity contribution in [3.05, 3.63) is 59.3 Å². The molecule has 28 heavy (non-hydrogen) atoms. The number of aryl methyl sites for hydroxylation is 1. The van der Waals surface area contributed by atoms with E-state index in [4.69, 9.17) is 4.74 Å². The van der Waals surface area contributed by atoms with E-state index in [1.54, 1.807) is 18.3 Å². The third-order valence-corrected chi connectivity index (χ3v) is 6.36. The molecule has 0 aliphatic heterocycles. The minimum atomic E-state index is -1.13. The van der Waals surface area contributed by atoms with Gasteiger partial charge >= 0.3 is 0 Å². The summed E-state index contributed by atoms with van der Waals surface area (Å²) in [6.07, 6.45) is 1.67. The van der Waals surface area contributed by atoms with Crippen LogP contribution < -0.4 is 0 Å². The lowest BCUT2D eigenvalue weighted by molar-refractivity contribution is 0.0881. The molecule has 1 unspecified atom stereocenters. The smallest absolute Gasteiger partial charge is 0.161 e. The van der Waals surface area contributed by atoms with Crippen LogP contribution in [0.25, 0.3) is 11.2 Å². The van der Waals surface area contributed by atoms with Crippen molar-refractivity contribution in [3.8, 4) is 6.07 Å². The quantitative estimate of drug-likeness (QED) is 0.423. The van der Waals surface area contributed by atoms with Crippen molar-refractivity contribution in [2.45, 2.75) is 45.3 Å². The number of ether oxygens (including phenoxy) is 1. The molecule has 2 aromatic heterocycles. The highest BCUT2D eigenvalue weighted by atomic mass is 28.3. The van der Waals surface area contributed by atoms with Crippen LogP contribution >= 0.6 is 0 Å². The first-order valence-corrected chi connectivity index (χ1v) is 13.0. The van der Waals surface area contributed by atoms with Crippen molar-refractivity contribution in [1.82, 2.24) is 14.5 Å². The van der Waals surface area contributed by atoms with Gasteiger partial charge < -0.3 is 4.74 Å². The van der Waals surface area contributed by atoms with Gasteiger partial charge in [-0.05, 0) is 42.3 Å². The van der Waals surface area contributed by atoms with Crippen molar-refractivity contribution < 1.29 is 9.13 Å². The molecule has 7 heteroatoms. The highest BCUT2D eigenvalue weighted by Crippen LogP contribution is 2.26. The molecule has 0 spiro atoms. The lowest BCUT2D eigenvalue weighted by Crippen LogP contribution is -2.22. The largest absolute Gasteiger partial charge is 0.361 e. The van der Waals surface area contributed by atoms with E-state index in [2.05, 4.69) is 35.7 Å². The summed E-state index contributed by atoms with van der Waals surface area (Å²) in [4.78, 5) is 9.11. The number of rotatable bonds is 7. The van der Waals surface area contributed by atoms with Gasteiger partial charge in [-0.3, -0.25) is 4.57 Å². The topological polar surface area (TPSA) is 63.7 Å². The van der Waals surface area contributed by atoms with E-state index in [1.165, 1.54) is 12.1 Å². The molecule has 1 atom stereocenters. The summed E-state index contributed by atoms with van der Waals surface area (Å²) in [6, 6.07) is 11.3. The third kappa shape index (κ3) is 4.64. The second-order valence-electron chi connectivity index (χ2n) is 8.16. The van der Waals surface area contributed by atoms with Crippen LogP contribution in [0.15, 0.2) is 36.5 Å². The lowest BCUT2D eigenvalue weighted by atomic mass is 9.94. The molecule has 5 nitrogen and oxygen atoms in total. The number of halogens is 1. The molecule has 0 N–H and O–H groups in total. The van der Waals surface area contributed by atoms with Crippen LogP contribution in [0.2, 0.25) is 25.7 Å². The summed E-state index contributed by atoms with van der Waals surface area (Å²) >= 11 is 0. The molecule has 0 bridgehead atoms. The third-order valence-electron chi connectivity index (χ3n) is 4.66. The molecule has 3 rings (SSSR count). The maximum atomic E-state index is 13.6. The molecule has 2 heterocycles. The van der Waals surface area contributed by atoms with Gasteiger partial charge in [0.1, 0.15) is 23.9 Å². The Morgan fingerprint density at radius 3 is 2.71 bits per heavy atom. The molecule has 0 aliphatic rings. The van der Waals surface area contributed by atoms with Gasteiger partial charge in [0.05, 0.1) is 12.0 Å². The zero-order valence-electron chi connectivity index (χ0n) is 16.7. The summed E-state index contributed by atoms with van der Waals surface area (Å²) < 4.78 is 21.3. The average Bonchev–Trinajstić information content (AvgIpc) is 2.93. The standard InChI is InChI=1S/C21H25FN4OSi/c1-15-25-20-11-17(19(12-23)16-6-5-7-18(22)10-16)13-24-21(20)26(15)14-27-8-9-28(2,3)4/h5-7,10-11,13,19H,8-9,14H2,1-4H3. The minimum Gasteiger partial charge on any atom is -0.361 e. The predicted octanol–water partition coefficient (Wildman–Crippen LogP) is 4.85. The van der Waals surface area contributed by atoms with Gasteiger partial charge in [-0.15, -0.1) is 0 Å². The van der Waals surface area contributed by atoms with Gasteiger partial charge in [-0.1, -0.05) is 31.8 Å². The van der Waals surface area contributed by atoms with E-state index in [1.807, 2.05) is 17.6 Å². The second-order valence-corrected chi connectivity index (χ2v) is 13.8. The van der Waals surface area contributed by atoms with Crippen LogP contribution in [-0.4, -0.2) is 29.2 Å². The van der Waals surface area contributed by atoms with E-state index in [0.717, 1.165) is 24.1 Å². The molecule has 1 aromatic carbocycles. The fraction of sp³-hybridized carbons (Fsp3) is 0.381. The van der Waals surface area contributed by atoms with Gasteiger partial charge in [-0.25, -0.2) is 14.4 Å². The summed E-state index contributed by atoms with van der Waals surface area (Å²) in [5, 5.41) is 9.62. The maximum Gasteiger partial charge on any atom is 0.161 e. The Labute approximate surface area is 165 Å². The molecule has 0 aliphatic carbocycles. The summed E-state index contributed by atoms with van der Waals surface area (Å²) in [5.41, 5.74) is 2.74. The lowest BCUT2D eigenvalue weighted by Gasteiger charge is -2.16. The molecule has 0 radical (unpaired) electrons. The van der Waals surface area contributed by atoms with Crippen molar-refractivity contribution in [2.75, 3.05) is 6.61 Å². The molecular formula is C21H25FN4OSi. The van der Waals surface area contributed by atoms with Gasteiger partial charge in [0, 0.05) is 20.9 Å². The summed E-state index contributed by atoms with van der Waals surface area (Å²) in [7, 11) is -1.13. The van der Waals surface area contributed by atoms with Crippen molar-refractivity contribution in [2.24, 2.45) is 0 Å². The van der Waals surface area contributed by atoms with E-state index >= 15 is 0 Å². The first-order valence-electron chi connectivity index (χ1n) is 9.34. The van der Waals surface area contributed by atoms with Gasteiger partial charge in [0.25, 0.3) is 0 Å². The van der Waals surface area contributed by atoms with Gasteiger partial charge in [0.2, 0.25) is 0 Å². The van der Waals surface area contributed by atoms with E-state index < -0.39 is 14.0 Å². The SMILES string of the molecule is Cc1nc2cc(C(C#N)c3cccc(F)c3)cnc2n1COCC[Si](C)(C)C. The number of aromatic nitrogens is 3. The summed E-state index contributed by atoms with van der Waals surface area (Å²) in [5.74, 6) is -0.139. The van der Waals surface area contributed by atoms with Crippen LogP contribution in [0.3, 0.4) is 0 Å². The van der Waals surface area contributed by atoms with E-state index in [0.29, 0.717) is 23.4 Å². The van der Waals surface area contributed by atoms with Crippen LogP contribution in [0.1, 0.15) is 22.9 Å². The zero-order chi connectivity index (χ0) is 20.3. The number of fused-ring (bicyclic) bond motifs is 1. The number of nitrogens with zero attached hydrogens (tertiary/aromatic N) is 4. The van der Waals surface area contributed by atoms with Crippen LogP contribution in [0.4, 0.5) is 4.39 Å². The fourth-order valence-corrected chi connectivity index (χ4v) is 3.77. The van der Waals surface area contributed by atoms with Crippen molar-refractivity contribution in [3.63, 3.8) is 0 Å². The Hall–Kier alpha value is -2.56. The van der Waals surface area contributed by atoms with Crippen LogP contribution in [-0.2, 0) is 11.5 Å². The van der Waals surface area contributed by atoms with Crippen molar-refractivity contribution >= 4 is 19.2 Å². The number of hydrogen-bond acceptors (Lipinski definition) is 4. The first-order chi connectivity index (χ1) is 13.3. The number of benzene rings is 1. The second kappa shape index (κ2) is 8.21. The first kappa shape index (κ1) is 20.2. The Morgan fingerprint density at radius 1 is 1.25 bits per heavy atom. The van der Waals surface area contributed by atoms with E-state index in [9.17, 15) is 9.65 Å². The van der Waals surface area contributed by atoms with Crippen LogP contribution in [0.5, 0.6) is 0 Å². The molecule has 0 saturated carbocycles. The number of hydrogen-bond donors (Lipinski definition) is 0. The van der Waals surface area contributed by atoms with Gasteiger partial charge in [-0.2, -0.15) is 5.26 Å². The zero-order valence-corrected chi connectivity index (χ0v) is 17.7. The number of imidazole rings is 1. The molecule has 146 valence electrons. The van der Waals surface area contributed by atoms with Gasteiger partial charge in [0.15, 0.2) is 5.65 Å².